The second-order valence-electron chi connectivity index (χ2n) is 5.92. The zero-order valence-corrected chi connectivity index (χ0v) is 12.3. The summed E-state index contributed by atoms with van der Waals surface area (Å²) in [7, 11) is 1.61. The van der Waals surface area contributed by atoms with Gasteiger partial charge in [0.2, 0.25) is 0 Å². The third-order valence-electron chi connectivity index (χ3n) is 3.57. The molecule has 2 amide bonds. The summed E-state index contributed by atoms with van der Waals surface area (Å²) in [4.78, 5) is 23.9. The highest BCUT2D eigenvalue weighted by molar-refractivity contribution is 5.75. The number of carboxylic acids is 1. The Labute approximate surface area is 110 Å². The van der Waals surface area contributed by atoms with Crippen LogP contribution >= 0.6 is 0 Å². The lowest BCUT2D eigenvalue weighted by Gasteiger charge is -2.30. The number of hydrogen-bond donors (Lipinski definition) is 2. The minimum absolute atomic E-state index is 0.0227. The van der Waals surface area contributed by atoms with Crippen LogP contribution in [-0.4, -0.2) is 42.1 Å². The fraction of sp³-hybridized carbons (Fsp3) is 0.846. The number of carboxylic acid groups (broad SMARTS) is 1. The summed E-state index contributed by atoms with van der Waals surface area (Å²) in [5, 5.41) is 11.6. The third-order valence-corrected chi connectivity index (χ3v) is 3.57. The quantitative estimate of drug-likeness (QED) is 0.766. The maximum absolute atomic E-state index is 11.8. The van der Waals surface area contributed by atoms with Crippen LogP contribution < -0.4 is 5.32 Å². The summed E-state index contributed by atoms with van der Waals surface area (Å²) in [6, 6.07) is -0.225. The molecule has 0 spiro atoms. The molecule has 106 valence electrons. The van der Waals surface area contributed by atoms with Gasteiger partial charge < -0.3 is 15.3 Å². The van der Waals surface area contributed by atoms with Crippen LogP contribution in [0, 0.1) is 17.3 Å². The lowest BCUT2D eigenvalue weighted by molar-refractivity contribution is -0.141. The van der Waals surface area contributed by atoms with Crippen molar-refractivity contribution in [2.75, 3.05) is 20.1 Å². The standard InChI is InChI=1S/C13H26N2O3/c1-9(2)13(4,5)8-14-12(18)15(6)7-10(3)11(16)17/h9-10H,7-8H2,1-6H3,(H,14,18)(H,16,17). The van der Waals surface area contributed by atoms with Gasteiger partial charge in [0.15, 0.2) is 0 Å². The predicted octanol–water partition coefficient (Wildman–Crippen LogP) is 2.03. The van der Waals surface area contributed by atoms with E-state index in [1.807, 2.05) is 0 Å². The normalized spacial score (nSPS) is 13.3. The number of amides is 2. The molecule has 5 heteroatoms. The number of aliphatic carboxylic acids is 1. The lowest BCUT2D eigenvalue weighted by atomic mass is 9.81. The van der Waals surface area contributed by atoms with Crippen molar-refractivity contribution in [3.05, 3.63) is 0 Å². The van der Waals surface area contributed by atoms with Gasteiger partial charge in [-0.1, -0.05) is 34.6 Å². The van der Waals surface area contributed by atoms with Crippen molar-refractivity contribution in [2.24, 2.45) is 17.3 Å². The largest absolute Gasteiger partial charge is 0.481 e. The first-order chi connectivity index (χ1) is 8.08. The van der Waals surface area contributed by atoms with E-state index in [1.54, 1.807) is 14.0 Å². The van der Waals surface area contributed by atoms with Gasteiger partial charge in [-0.25, -0.2) is 4.79 Å². The van der Waals surface area contributed by atoms with Gasteiger partial charge in [-0.15, -0.1) is 0 Å². The van der Waals surface area contributed by atoms with E-state index in [-0.39, 0.29) is 18.0 Å². The molecule has 0 radical (unpaired) electrons. The second kappa shape index (κ2) is 6.61. The van der Waals surface area contributed by atoms with E-state index in [0.29, 0.717) is 12.5 Å². The Bertz CT molecular complexity index is 301. The van der Waals surface area contributed by atoms with Crippen molar-refractivity contribution in [3.8, 4) is 0 Å². The molecule has 0 saturated carbocycles. The molecule has 18 heavy (non-hydrogen) atoms. The number of carbonyl (C=O) groups is 2. The molecule has 0 aliphatic carbocycles. The van der Waals surface area contributed by atoms with E-state index in [0.717, 1.165) is 0 Å². The van der Waals surface area contributed by atoms with Gasteiger partial charge in [-0.3, -0.25) is 4.79 Å². The number of carbonyl (C=O) groups excluding carboxylic acids is 1. The van der Waals surface area contributed by atoms with Crippen LogP contribution in [0.4, 0.5) is 4.79 Å². The van der Waals surface area contributed by atoms with Crippen LogP contribution in [-0.2, 0) is 4.79 Å². The zero-order chi connectivity index (χ0) is 14.5. The summed E-state index contributed by atoms with van der Waals surface area (Å²) >= 11 is 0. The smallest absolute Gasteiger partial charge is 0.317 e. The van der Waals surface area contributed by atoms with Crippen LogP contribution in [0.15, 0.2) is 0 Å². The van der Waals surface area contributed by atoms with Crippen molar-refractivity contribution in [1.82, 2.24) is 10.2 Å². The Hall–Kier alpha value is -1.26. The molecular formula is C13H26N2O3. The average Bonchev–Trinajstić information content (AvgIpc) is 2.25. The molecule has 0 saturated heterocycles. The molecule has 2 N–H and O–H groups in total. The van der Waals surface area contributed by atoms with Gasteiger partial charge >= 0.3 is 12.0 Å². The summed E-state index contributed by atoms with van der Waals surface area (Å²) < 4.78 is 0. The molecule has 0 aromatic heterocycles. The Balaban J connectivity index is 4.22. The Morgan fingerprint density at radius 2 is 1.78 bits per heavy atom. The first-order valence-electron chi connectivity index (χ1n) is 6.29. The molecule has 0 heterocycles. The number of nitrogens with zero attached hydrogens (tertiary/aromatic N) is 1. The topological polar surface area (TPSA) is 69.6 Å². The van der Waals surface area contributed by atoms with Gasteiger partial charge in [0.05, 0.1) is 5.92 Å². The van der Waals surface area contributed by atoms with Crippen molar-refractivity contribution < 1.29 is 14.7 Å². The fourth-order valence-corrected chi connectivity index (χ4v) is 1.21. The number of nitrogens with one attached hydrogen (secondary N) is 1. The molecule has 0 aromatic carbocycles. The third kappa shape index (κ3) is 5.38. The van der Waals surface area contributed by atoms with E-state index in [1.165, 1.54) is 4.90 Å². The van der Waals surface area contributed by atoms with Gasteiger partial charge in [0, 0.05) is 20.1 Å². The Morgan fingerprint density at radius 3 is 2.17 bits per heavy atom. The number of rotatable bonds is 6. The average molecular weight is 258 g/mol. The van der Waals surface area contributed by atoms with E-state index in [4.69, 9.17) is 5.11 Å². The first kappa shape index (κ1) is 16.7. The molecular weight excluding hydrogens is 232 g/mol. The lowest BCUT2D eigenvalue weighted by Crippen LogP contribution is -2.45. The minimum atomic E-state index is -0.892. The molecule has 0 aliphatic heterocycles. The molecule has 1 atom stereocenters. The molecule has 0 bridgehead atoms. The van der Waals surface area contributed by atoms with E-state index in [2.05, 4.69) is 33.0 Å². The Kier molecular flexibility index (Phi) is 6.15. The summed E-state index contributed by atoms with van der Waals surface area (Å²) in [5.74, 6) is -0.989. The van der Waals surface area contributed by atoms with Gasteiger partial charge in [-0.2, -0.15) is 0 Å². The Morgan fingerprint density at radius 1 is 1.28 bits per heavy atom. The van der Waals surface area contributed by atoms with E-state index < -0.39 is 11.9 Å². The fourth-order valence-electron chi connectivity index (χ4n) is 1.21. The molecule has 1 unspecified atom stereocenters. The highest BCUT2D eigenvalue weighted by Gasteiger charge is 2.24. The van der Waals surface area contributed by atoms with Crippen LogP contribution in [0.1, 0.15) is 34.6 Å². The number of hydrogen-bond acceptors (Lipinski definition) is 2. The van der Waals surface area contributed by atoms with Crippen molar-refractivity contribution in [1.29, 1.82) is 0 Å². The van der Waals surface area contributed by atoms with Gasteiger partial charge in [0.25, 0.3) is 0 Å². The molecule has 5 nitrogen and oxygen atoms in total. The summed E-state index contributed by atoms with van der Waals surface area (Å²) in [5.41, 5.74) is 0.0227. The van der Waals surface area contributed by atoms with E-state index >= 15 is 0 Å². The van der Waals surface area contributed by atoms with Crippen LogP contribution in [0.2, 0.25) is 0 Å². The zero-order valence-electron chi connectivity index (χ0n) is 12.3. The molecule has 0 aromatic rings. The minimum Gasteiger partial charge on any atom is -0.481 e. The number of urea groups is 1. The molecule has 0 aliphatic rings. The van der Waals surface area contributed by atoms with E-state index in [9.17, 15) is 9.59 Å². The maximum Gasteiger partial charge on any atom is 0.317 e. The SMILES string of the molecule is CC(CN(C)C(=O)NCC(C)(C)C(C)C)C(=O)O. The molecule has 0 rings (SSSR count). The summed E-state index contributed by atoms with van der Waals surface area (Å²) in [6.45, 7) is 10.8. The van der Waals surface area contributed by atoms with Gasteiger partial charge in [-0.05, 0) is 11.3 Å². The van der Waals surface area contributed by atoms with Gasteiger partial charge in [0.1, 0.15) is 0 Å². The molecule has 0 fully saturated rings. The highest BCUT2D eigenvalue weighted by Crippen LogP contribution is 2.24. The maximum atomic E-state index is 11.8. The van der Waals surface area contributed by atoms with Crippen LogP contribution in [0.3, 0.4) is 0 Å². The van der Waals surface area contributed by atoms with Crippen LogP contribution in [0.5, 0.6) is 0 Å². The summed E-state index contributed by atoms with van der Waals surface area (Å²) in [6.07, 6.45) is 0. The predicted molar refractivity (Wildman–Crippen MR) is 71.4 cm³/mol. The van der Waals surface area contributed by atoms with Crippen molar-refractivity contribution >= 4 is 12.0 Å². The first-order valence-corrected chi connectivity index (χ1v) is 6.29. The van der Waals surface area contributed by atoms with Crippen LogP contribution in [0.25, 0.3) is 0 Å². The highest BCUT2D eigenvalue weighted by atomic mass is 16.4. The van der Waals surface area contributed by atoms with Crippen molar-refractivity contribution in [3.63, 3.8) is 0 Å². The second-order valence-corrected chi connectivity index (χ2v) is 5.92. The monoisotopic (exact) mass is 258 g/mol. The van der Waals surface area contributed by atoms with Crippen molar-refractivity contribution in [2.45, 2.75) is 34.6 Å².